The van der Waals surface area contributed by atoms with Crippen LogP contribution in [0.2, 0.25) is 0 Å². The number of β-amino-alcohol motifs (C(OH)–C–C–N with tert-alkyl or cyclic N) is 1. The van der Waals surface area contributed by atoms with Crippen LogP contribution in [0.4, 0.5) is 0 Å². The highest BCUT2D eigenvalue weighted by atomic mass is 16.5. The Kier molecular flexibility index (Phi) is 6.35. The van der Waals surface area contributed by atoms with Crippen molar-refractivity contribution in [1.29, 1.82) is 0 Å². The monoisotopic (exact) mass is 458 g/mol. The van der Waals surface area contributed by atoms with E-state index < -0.39 is 6.10 Å². The number of hydrogen-bond donors (Lipinski definition) is 1. The second kappa shape index (κ2) is 9.57. The van der Waals surface area contributed by atoms with Crippen molar-refractivity contribution in [3.63, 3.8) is 0 Å². The number of aryl methyl sites for hydroxylation is 1. The number of nitrogens with zero attached hydrogens (tertiary/aromatic N) is 2. The number of likely N-dealkylation sites (tertiary alicyclic amines) is 1. The molecule has 2 heterocycles. The molecule has 1 atom stereocenters. The fraction of sp³-hybridized carbons (Fsp3) is 0.357. The van der Waals surface area contributed by atoms with Gasteiger partial charge in [0.25, 0.3) is 11.8 Å². The molecule has 6 heteroatoms. The Morgan fingerprint density at radius 1 is 0.941 bits per heavy atom. The second-order valence-corrected chi connectivity index (χ2v) is 9.40. The molecule has 0 spiro atoms. The van der Waals surface area contributed by atoms with E-state index in [1.165, 1.54) is 4.90 Å². The lowest BCUT2D eigenvalue weighted by Crippen LogP contribution is -2.46. The molecule has 1 saturated heterocycles. The molecule has 0 aromatic heterocycles. The van der Waals surface area contributed by atoms with Crippen molar-refractivity contribution in [2.45, 2.75) is 25.9 Å². The van der Waals surface area contributed by atoms with Crippen LogP contribution in [0.1, 0.15) is 39.1 Å². The van der Waals surface area contributed by atoms with E-state index in [1.54, 1.807) is 0 Å². The first kappa shape index (κ1) is 22.6. The third-order valence-corrected chi connectivity index (χ3v) is 7.00. The van der Waals surface area contributed by atoms with E-state index in [9.17, 15) is 14.7 Å². The summed E-state index contributed by atoms with van der Waals surface area (Å²) in [5.41, 5.74) is 2.28. The van der Waals surface area contributed by atoms with Crippen molar-refractivity contribution >= 4 is 22.6 Å². The van der Waals surface area contributed by atoms with Crippen LogP contribution in [0.25, 0.3) is 10.8 Å². The van der Waals surface area contributed by atoms with Gasteiger partial charge in [0.15, 0.2) is 0 Å². The van der Waals surface area contributed by atoms with Crippen LogP contribution in [0.3, 0.4) is 0 Å². The van der Waals surface area contributed by atoms with Crippen LogP contribution in [-0.2, 0) is 0 Å². The Morgan fingerprint density at radius 2 is 1.59 bits per heavy atom. The molecule has 1 unspecified atom stereocenters. The number of rotatable bonds is 7. The van der Waals surface area contributed by atoms with Gasteiger partial charge in [-0.2, -0.15) is 0 Å². The number of aliphatic hydroxyl groups is 1. The molecular formula is C28H30N2O4. The maximum atomic E-state index is 13.2. The largest absolute Gasteiger partial charge is 0.491 e. The zero-order valence-corrected chi connectivity index (χ0v) is 19.4. The molecule has 5 rings (SSSR count). The third kappa shape index (κ3) is 4.43. The number of para-hydroxylation sites is 1. The summed E-state index contributed by atoms with van der Waals surface area (Å²) in [5, 5.41) is 12.1. The molecular weight excluding hydrogens is 428 g/mol. The number of carbonyl (C=O) groups excluding carboxylic acids is 2. The predicted octanol–water partition coefficient (Wildman–Crippen LogP) is 3.90. The lowest BCUT2D eigenvalue weighted by Gasteiger charge is -2.36. The quantitative estimate of drug-likeness (QED) is 0.544. The van der Waals surface area contributed by atoms with E-state index in [0.717, 1.165) is 48.0 Å². The zero-order valence-electron chi connectivity index (χ0n) is 19.4. The van der Waals surface area contributed by atoms with Gasteiger partial charge in [-0.25, -0.2) is 0 Å². The highest BCUT2D eigenvalue weighted by Crippen LogP contribution is 2.31. The van der Waals surface area contributed by atoms with Crippen LogP contribution in [-0.4, -0.2) is 65.6 Å². The van der Waals surface area contributed by atoms with E-state index in [1.807, 2.05) is 67.6 Å². The molecule has 34 heavy (non-hydrogen) atoms. The Morgan fingerprint density at radius 3 is 2.24 bits per heavy atom. The number of carbonyl (C=O) groups is 2. The highest BCUT2D eigenvalue weighted by molar-refractivity contribution is 6.25. The fourth-order valence-corrected chi connectivity index (χ4v) is 5.11. The van der Waals surface area contributed by atoms with Crippen molar-refractivity contribution in [3.05, 3.63) is 77.4 Å². The van der Waals surface area contributed by atoms with Gasteiger partial charge in [0.05, 0.1) is 0 Å². The minimum Gasteiger partial charge on any atom is -0.491 e. The Labute approximate surface area is 199 Å². The summed E-state index contributed by atoms with van der Waals surface area (Å²) in [6, 6.07) is 19.1. The SMILES string of the molecule is Cc1ccccc1OCC(O)CN1CCC(CN2C(=O)c3cccc4cccc(c34)C2=O)CC1. The van der Waals surface area contributed by atoms with E-state index in [-0.39, 0.29) is 24.3 Å². The van der Waals surface area contributed by atoms with Crippen molar-refractivity contribution in [1.82, 2.24) is 9.80 Å². The van der Waals surface area contributed by atoms with Crippen molar-refractivity contribution in [3.8, 4) is 5.75 Å². The van der Waals surface area contributed by atoms with Gasteiger partial charge in [0.2, 0.25) is 0 Å². The number of amides is 2. The average molecular weight is 459 g/mol. The summed E-state index contributed by atoms with van der Waals surface area (Å²) in [6.45, 7) is 4.89. The van der Waals surface area contributed by atoms with E-state index >= 15 is 0 Å². The maximum Gasteiger partial charge on any atom is 0.261 e. The minimum absolute atomic E-state index is 0.194. The van der Waals surface area contributed by atoms with Crippen LogP contribution >= 0.6 is 0 Å². The molecule has 0 aliphatic carbocycles. The summed E-state index contributed by atoms with van der Waals surface area (Å²) in [7, 11) is 0. The number of piperidine rings is 1. The third-order valence-electron chi connectivity index (χ3n) is 7.00. The molecule has 1 N–H and O–H groups in total. The molecule has 1 fully saturated rings. The first-order valence-electron chi connectivity index (χ1n) is 12.0. The second-order valence-electron chi connectivity index (χ2n) is 9.40. The smallest absolute Gasteiger partial charge is 0.261 e. The topological polar surface area (TPSA) is 70.1 Å². The normalized spacial score (nSPS) is 17.9. The van der Waals surface area contributed by atoms with E-state index in [2.05, 4.69) is 4.90 Å². The van der Waals surface area contributed by atoms with Crippen molar-refractivity contribution in [2.24, 2.45) is 5.92 Å². The van der Waals surface area contributed by atoms with Crippen LogP contribution in [0.15, 0.2) is 60.7 Å². The summed E-state index contributed by atoms with van der Waals surface area (Å²) in [4.78, 5) is 30.0. The minimum atomic E-state index is -0.571. The zero-order chi connectivity index (χ0) is 23.7. The Balaban J connectivity index is 1.15. The number of hydrogen-bond acceptors (Lipinski definition) is 5. The number of aliphatic hydroxyl groups excluding tert-OH is 1. The van der Waals surface area contributed by atoms with Gasteiger partial charge in [-0.05, 0) is 67.9 Å². The summed E-state index contributed by atoms with van der Waals surface area (Å²) >= 11 is 0. The maximum absolute atomic E-state index is 13.2. The number of imide groups is 1. The summed E-state index contributed by atoms with van der Waals surface area (Å²) in [5.74, 6) is 0.670. The van der Waals surface area contributed by atoms with Gasteiger partial charge < -0.3 is 14.7 Å². The van der Waals surface area contributed by atoms with E-state index in [0.29, 0.717) is 24.2 Å². The molecule has 176 valence electrons. The highest BCUT2D eigenvalue weighted by Gasteiger charge is 2.34. The molecule has 6 nitrogen and oxygen atoms in total. The van der Waals surface area contributed by atoms with Crippen molar-refractivity contribution < 1.29 is 19.4 Å². The van der Waals surface area contributed by atoms with Gasteiger partial charge >= 0.3 is 0 Å². The molecule has 0 radical (unpaired) electrons. The first-order valence-corrected chi connectivity index (χ1v) is 12.0. The molecule has 2 aliphatic heterocycles. The average Bonchev–Trinajstić information content (AvgIpc) is 2.85. The van der Waals surface area contributed by atoms with Crippen LogP contribution < -0.4 is 4.74 Å². The van der Waals surface area contributed by atoms with Crippen LogP contribution in [0.5, 0.6) is 5.75 Å². The Hall–Kier alpha value is -3.22. The van der Waals surface area contributed by atoms with Gasteiger partial charge in [-0.3, -0.25) is 14.5 Å². The molecule has 3 aromatic carbocycles. The number of ether oxygens (including phenoxy) is 1. The molecule has 0 saturated carbocycles. The van der Waals surface area contributed by atoms with Gasteiger partial charge in [-0.15, -0.1) is 0 Å². The summed E-state index contributed by atoms with van der Waals surface area (Å²) < 4.78 is 5.78. The van der Waals surface area contributed by atoms with E-state index in [4.69, 9.17) is 4.74 Å². The molecule has 2 aliphatic rings. The number of benzene rings is 3. The standard InChI is InChI=1S/C28H30N2O4/c1-19-6-2-3-11-25(19)34-18-22(31)17-29-14-12-20(13-15-29)16-30-27(32)23-9-4-7-21-8-5-10-24(26(21)23)28(30)33/h2-11,20,22,31H,12-18H2,1H3. The lowest BCUT2D eigenvalue weighted by atomic mass is 9.91. The predicted molar refractivity (Wildman–Crippen MR) is 131 cm³/mol. The first-order chi connectivity index (χ1) is 16.5. The lowest BCUT2D eigenvalue weighted by molar-refractivity contribution is 0.0452. The van der Waals surface area contributed by atoms with Gasteiger partial charge in [-0.1, -0.05) is 42.5 Å². The summed E-state index contributed by atoms with van der Waals surface area (Å²) in [6.07, 6.45) is 1.20. The Bertz CT molecular complexity index is 1170. The molecule has 2 amide bonds. The van der Waals surface area contributed by atoms with Gasteiger partial charge in [0.1, 0.15) is 18.5 Å². The molecule has 3 aromatic rings. The van der Waals surface area contributed by atoms with Crippen molar-refractivity contribution in [2.75, 3.05) is 32.8 Å². The fourth-order valence-electron chi connectivity index (χ4n) is 5.11. The van der Waals surface area contributed by atoms with Gasteiger partial charge in [0, 0.05) is 29.6 Å². The van der Waals surface area contributed by atoms with Crippen LogP contribution in [0, 0.1) is 12.8 Å². The molecule has 0 bridgehead atoms.